The molecule has 2 aliphatic rings. The maximum absolute atomic E-state index is 13.0. The minimum absolute atomic E-state index is 0.117. The van der Waals surface area contributed by atoms with Gasteiger partial charge in [-0.1, -0.05) is 37.8 Å². The maximum atomic E-state index is 13.0. The Bertz CT molecular complexity index is 1000. The standard InChI is InChI=1S/C24H30N2O4S/c1-30-21-12-14-22(15-13-21)31(28,29)26-20-10-8-18(9-11-20)24(16-17-24)23(27)25-19-6-4-2-3-5-7-19/h8-15,19,26H,2-7,16-17H2,1H3,(H,25,27). The number of carbonyl (C=O) groups excluding carboxylic acids is 1. The van der Waals surface area contributed by atoms with Crippen LogP contribution in [-0.4, -0.2) is 27.5 Å². The Balaban J connectivity index is 1.43. The summed E-state index contributed by atoms with van der Waals surface area (Å²) in [4.78, 5) is 13.2. The molecule has 31 heavy (non-hydrogen) atoms. The van der Waals surface area contributed by atoms with Gasteiger partial charge in [0, 0.05) is 11.7 Å². The zero-order valence-corrected chi connectivity index (χ0v) is 18.7. The Labute approximate surface area is 184 Å². The average Bonchev–Trinajstić information content (AvgIpc) is 3.60. The molecular weight excluding hydrogens is 412 g/mol. The lowest BCUT2D eigenvalue weighted by molar-refractivity contribution is -0.124. The molecule has 0 aromatic heterocycles. The van der Waals surface area contributed by atoms with Gasteiger partial charge >= 0.3 is 0 Å². The van der Waals surface area contributed by atoms with Crippen LogP contribution >= 0.6 is 0 Å². The topological polar surface area (TPSA) is 84.5 Å². The fraction of sp³-hybridized carbons (Fsp3) is 0.458. The van der Waals surface area contributed by atoms with E-state index in [2.05, 4.69) is 10.0 Å². The Morgan fingerprint density at radius 1 is 0.935 bits per heavy atom. The number of anilines is 1. The van der Waals surface area contributed by atoms with Gasteiger partial charge in [-0.2, -0.15) is 0 Å². The average molecular weight is 443 g/mol. The van der Waals surface area contributed by atoms with Crippen molar-refractivity contribution in [1.82, 2.24) is 5.32 Å². The Kier molecular flexibility index (Phi) is 6.23. The first kappa shape index (κ1) is 21.7. The van der Waals surface area contributed by atoms with Crippen LogP contribution in [0.4, 0.5) is 5.69 Å². The van der Waals surface area contributed by atoms with E-state index in [1.807, 2.05) is 12.1 Å². The predicted octanol–water partition coefficient (Wildman–Crippen LogP) is 4.37. The van der Waals surface area contributed by atoms with Crippen LogP contribution in [0.15, 0.2) is 53.4 Å². The third kappa shape index (κ3) is 4.87. The summed E-state index contributed by atoms with van der Waals surface area (Å²) in [5.41, 5.74) is 0.963. The lowest BCUT2D eigenvalue weighted by Gasteiger charge is -2.22. The molecule has 2 fully saturated rings. The second-order valence-electron chi connectivity index (χ2n) is 8.60. The van der Waals surface area contributed by atoms with Gasteiger partial charge in [-0.15, -0.1) is 0 Å². The zero-order chi connectivity index (χ0) is 21.9. The fourth-order valence-corrected chi connectivity index (χ4v) is 5.40. The van der Waals surface area contributed by atoms with Crippen LogP contribution in [0.1, 0.15) is 56.9 Å². The SMILES string of the molecule is COc1ccc(S(=O)(=O)Nc2ccc(C3(C(=O)NC4CCCCCC4)CC3)cc2)cc1. The smallest absolute Gasteiger partial charge is 0.261 e. The predicted molar refractivity (Wildman–Crippen MR) is 121 cm³/mol. The van der Waals surface area contributed by atoms with Gasteiger partial charge in [0.05, 0.1) is 17.4 Å². The third-order valence-corrected chi connectivity index (χ3v) is 7.83. The first-order valence-corrected chi connectivity index (χ1v) is 12.5. The fourth-order valence-electron chi connectivity index (χ4n) is 4.35. The molecule has 2 aliphatic carbocycles. The summed E-state index contributed by atoms with van der Waals surface area (Å²) in [5.74, 6) is 0.714. The molecule has 0 atom stereocenters. The van der Waals surface area contributed by atoms with E-state index in [0.29, 0.717) is 11.4 Å². The van der Waals surface area contributed by atoms with Crippen molar-refractivity contribution < 1.29 is 17.9 Å². The van der Waals surface area contributed by atoms with E-state index in [4.69, 9.17) is 4.74 Å². The molecule has 0 unspecified atom stereocenters. The summed E-state index contributed by atoms with van der Waals surface area (Å²) < 4.78 is 33.0. The van der Waals surface area contributed by atoms with Crippen molar-refractivity contribution in [2.45, 2.75) is 67.7 Å². The van der Waals surface area contributed by atoms with Gasteiger partial charge in [0.2, 0.25) is 5.91 Å². The molecule has 2 N–H and O–H groups in total. The van der Waals surface area contributed by atoms with Gasteiger partial charge in [-0.05, 0) is 67.6 Å². The van der Waals surface area contributed by atoms with Crippen LogP contribution in [-0.2, 0) is 20.2 Å². The minimum Gasteiger partial charge on any atom is -0.497 e. The van der Waals surface area contributed by atoms with Crippen molar-refractivity contribution in [3.63, 3.8) is 0 Å². The van der Waals surface area contributed by atoms with Crippen LogP contribution in [0.3, 0.4) is 0 Å². The van der Waals surface area contributed by atoms with E-state index in [1.165, 1.54) is 44.9 Å². The van der Waals surface area contributed by atoms with Crippen molar-refractivity contribution in [3.8, 4) is 5.75 Å². The van der Waals surface area contributed by atoms with Crippen molar-refractivity contribution in [3.05, 3.63) is 54.1 Å². The highest BCUT2D eigenvalue weighted by Crippen LogP contribution is 2.48. The van der Waals surface area contributed by atoms with Gasteiger partial charge in [0.15, 0.2) is 0 Å². The molecule has 2 aromatic rings. The number of benzene rings is 2. The van der Waals surface area contributed by atoms with Crippen LogP contribution in [0.5, 0.6) is 5.75 Å². The number of hydrogen-bond donors (Lipinski definition) is 2. The molecule has 1 amide bonds. The summed E-state index contributed by atoms with van der Waals surface area (Å²) >= 11 is 0. The first-order chi connectivity index (χ1) is 14.9. The van der Waals surface area contributed by atoms with Crippen molar-refractivity contribution in [1.29, 1.82) is 0 Å². The molecule has 0 radical (unpaired) electrons. The monoisotopic (exact) mass is 442 g/mol. The molecule has 0 aliphatic heterocycles. The van der Waals surface area contributed by atoms with E-state index < -0.39 is 15.4 Å². The van der Waals surface area contributed by atoms with E-state index in [1.54, 1.807) is 24.3 Å². The number of carbonyl (C=O) groups is 1. The number of sulfonamides is 1. The van der Waals surface area contributed by atoms with Crippen LogP contribution in [0, 0.1) is 0 Å². The number of ether oxygens (including phenoxy) is 1. The van der Waals surface area contributed by atoms with E-state index in [0.717, 1.165) is 31.2 Å². The third-order valence-electron chi connectivity index (χ3n) is 6.43. The summed E-state index contributed by atoms with van der Waals surface area (Å²) in [7, 11) is -2.16. The highest BCUT2D eigenvalue weighted by molar-refractivity contribution is 7.92. The molecule has 0 heterocycles. The molecular formula is C24H30N2O4S. The molecule has 0 spiro atoms. The first-order valence-electron chi connectivity index (χ1n) is 11.0. The van der Waals surface area contributed by atoms with E-state index in [-0.39, 0.29) is 16.8 Å². The summed E-state index contributed by atoms with van der Waals surface area (Å²) in [6, 6.07) is 13.7. The summed E-state index contributed by atoms with van der Waals surface area (Å²) in [5, 5.41) is 3.28. The molecule has 166 valence electrons. The zero-order valence-electron chi connectivity index (χ0n) is 17.9. The molecule has 7 heteroatoms. The summed E-state index contributed by atoms with van der Waals surface area (Å²) in [6.07, 6.45) is 8.67. The number of nitrogens with one attached hydrogen (secondary N) is 2. The van der Waals surface area contributed by atoms with Crippen molar-refractivity contribution in [2.24, 2.45) is 0 Å². The van der Waals surface area contributed by atoms with Gasteiger partial charge in [-0.25, -0.2) is 8.42 Å². The second-order valence-corrected chi connectivity index (χ2v) is 10.3. The van der Waals surface area contributed by atoms with Crippen LogP contribution < -0.4 is 14.8 Å². The number of amides is 1. The van der Waals surface area contributed by atoms with Crippen molar-refractivity contribution >= 4 is 21.6 Å². The van der Waals surface area contributed by atoms with Gasteiger partial charge in [0.1, 0.15) is 5.75 Å². The highest BCUT2D eigenvalue weighted by Gasteiger charge is 2.51. The second kappa shape index (κ2) is 8.91. The molecule has 6 nitrogen and oxygen atoms in total. The molecule has 0 bridgehead atoms. The lowest BCUT2D eigenvalue weighted by atomic mass is 9.94. The number of rotatable bonds is 7. The van der Waals surface area contributed by atoms with Crippen LogP contribution in [0.2, 0.25) is 0 Å². The quantitative estimate of drug-likeness (QED) is 0.624. The number of hydrogen-bond acceptors (Lipinski definition) is 4. The lowest BCUT2D eigenvalue weighted by Crippen LogP contribution is -2.41. The highest BCUT2D eigenvalue weighted by atomic mass is 32.2. The largest absolute Gasteiger partial charge is 0.497 e. The van der Waals surface area contributed by atoms with Gasteiger partial charge < -0.3 is 10.1 Å². The summed E-state index contributed by atoms with van der Waals surface area (Å²) in [6.45, 7) is 0. The Morgan fingerprint density at radius 3 is 2.10 bits per heavy atom. The molecule has 4 rings (SSSR count). The minimum atomic E-state index is -3.69. The van der Waals surface area contributed by atoms with E-state index >= 15 is 0 Å². The Hall–Kier alpha value is -2.54. The van der Waals surface area contributed by atoms with Gasteiger partial charge in [0.25, 0.3) is 10.0 Å². The Morgan fingerprint density at radius 2 is 1.55 bits per heavy atom. The van der Waals surface area contributed by atoms with E-state index in [9.17, 15) is 13.2 Å². The molecule has 0 saturated heterocycles. The maximum Gasteiger partial charge on any atom is 0.261 e. The van der Waals surface area contributed by atoms with Gasteiger partial charge in [-0.3, -0.25) is 9.52 Å². The van der Waals surface area contributed by atoms with Crippen molar-refractivity contribution in [2.75, 3.05) is 11.8 Å². The number of methoxy groups -OCH3 is 1. The normalized spacial score (nSPS) is 18.6. The van der Waals surface area contributed by atoms with Crippen LogP contribution in [0.25, 0.3) is 0 Å². The molecule has 2 aromatic carbocycles. The molecule has 2 saturated carbocycles.